The standard InChI is InChI=1S/C21H13N2.Ir/c1-2-8-16-15(6-1)7-5-11-17(16)20-14-23-13-12-22-21(23)19-10-4-3-9-18(19)20;/h1-9,11-14H;/q-1;. The van der Waals surface area contributed by atoms with Gasteiger partial charge in [0.25, 0.3) is 0 Å². The molecular weight excluding hydrogens is 472 g/mol. The molecule has 3 heteroatoms. The summed E-state index contributed by atoms with van der Waals surface area (Å²) in [5, 5.41) is 4.76. The van der Waals surface area contributed by atoms with Crippen LogP contribution < -0.4 is 0 Å². The molecule has 5 rings (SSSR count). The van der Waals surface area contributed by atoms with Crippen LogP contribution >= 0.6 is 0 Å². The molecule has 0 saturated carbocycles. The summed E-state index contributed by atoms with van der Waals surface area (Å²) >= 11 is 0. The van der Waals surface area contributed by atoms with Crippen LogP contribution in [0.15, 0.2) is 79.3 Å². The van der Waals surface area contributed by atoms with Gasteiger partial charge in [-0.25, -0.2) is 0 Å². The van der Waals surface area contributed by atoms with E-state index in [1.165, 1.54) is 27.3 Å². The van der Waals surface area contributed by atoms with Gasteiger partial charge in [-0.15, -0.1) is 29.7 Å². The summed E-state index contributed by atoms with van der Waals surface area (Å²) in [6.07, 6.45) is 5.99. The summed E-state index contributed by atoms with van der Waals surface area (Å²) in [5.74, 6) is 0. The maximum absolute atomic E-state index is 4.48. The van der Waals surface area contributed by atoms with E-state index in [2.05, 4.69) is 70.2 Å². The topological polar surface area (TPSA) is 17.3 Å². The van der Waals surface area contributed by atoms with Crippen molar-refractivity contribution in [3.05, 3.63) is 85.3 Å². The molecule has 0 N–H and O–H groups in total. The second-order valence-electron chi connectivity index (χ2n) is 5.69. The molecule has 24 heavy (non-hydrogen) atoms. The minimum Gasteiger partial charge on any atom is -0.347 e. The van der Waals surface area contributed by atoms with Gasteiger partial charge in [0.1, 0.15) is 0 Å². The van der Waals surface area contributed by atoms with E-state index in [-0.39, 0.29) is 20.1 Å². The molecule has 0 saturated heterocycles. The van der Waals surface area contributed by atoms with Crippen LogP contribution in [-0.4, -0.2) is 9.38 Å². The molecule has 0 atom stereocenters. The van der Waals surface area contributed by atoms with E-state index in [1.807, 2.05) is 24.5 Å². The van der Waals surface area contributed by atoms with Gasteiger partial charge in [0, 0.05) is 32.5 Å². The summed E-state index contributed by atoms with van der Waals surface area (Å²) in [6, 6.07) is 24.5. The fourth-order valence-electron chi connectivity index (χ4n) is 3.34. The molecule has 2 heterocycles. The molecule has 0 spiro atoms. The monoisotopic (exact) mass is 486 g/mol. The van der Waals surface area contributed by atoms with Gasteiger partial charge in [-0.1, -0.05) is 47.9 Å². The summed E-state index contributed by atoms with van der Waals surface area (Å²) in [7, 11) is 0. The number of aromatic nitrogens is 2. The molecule has 0 aliphatic heterocycles. The first-order valence-electron chi connectivity index (χ1n) is 7.66. The molecule has 5 aromatic rings. The van der Waals surface area contributed by atoms with E-state index >= 15 is 0 Å². The number of fused-ring (bicyclic) bond motifs is 4. The molecule has 2 nitrogen and oxygen atoms in total. The SMILES string of the molecule is [Ir].[c-]1cccc2c(-c3cccc4ccccc34)cn3ccnc3c12. The Bertz CT molecular complexity index is 1170. The van der Waals surface area contributed by atoms with Crippen molar-refractivity contribution in [2.45, 2.75) is 0 Å². The first-order valence-corrected chi connectivity index (χ1v) is 7.66. The minimum atomic E-state index is 0. The summed E-state index contributed by atoms with van der Waals surface area (Å²) in [4.78, 5) is 4.48. The van der Waals surface area contributed by atoms with Crippen LogP contribution in [0.3, 0.4) is 0 Å². The Morgan fingerprint density at radius 2 is 1.67 bits per heavy atom. The van der Waals surface area contributed by atoms with Crippen LogP contribution in [0.2, 0.25) is 0 Å². The number of benzene rings is 3. The molecule has 0 amide bonds. The average Bonchev–Trinajstić information content (AvgIpc) is 3.09. The minimum absolute atomic E-state index is 0. The molecule has 117 valence electrons. The maximum atomic E-state index is 4.48. The van der Waals surface area contributed by atoms with Crippen LogP contribution in [0.25, 0.3) is 38.3 Å². The Morgan fingerprint density at radius 1 is 0.833 bits per heavy atom. The Hall–Kier alpha value is -2.48. The number of hydrogen-bond acceptors (Lipinski definition) is 1. The molecule has 0 bridgehead atoms. The quantitative estimate of drug-likeness (QED) is 0.302. The first kappa shape index (κ1) is 15.1. The maximum Gasteiger partial charge on any atom is 0.0604 e. The van der Waals surface area contributed by atoms with Gasteiger partial charge in [-0.2, -0.15) is 0 Å². The Balaban J connectivity index is 0.00000146. The van der Waals surface area contributed by atoms with Gasteiger partial charge in [0.2, 0.25) is 0 Å². The predicted octanol–water partition coefficient (Wildman–Crippen LogP) is 5.11. The first-order chi connectivity index (χ1) is 11.4. The molecule has 0 unspecified atom stereocenters. The molecule has 0 aliphatic rings. The number of pyridine rings is 1. The van der Waals surface area contributed by atoms with Crippen LogP contribution in [0.1, 0.15) is 0 Å². The van der Waals surface area contributed by atoms with Crippen molar-refractivity contribution in [1.29, 1.82) is 0 Å². The smallest absolute Gasteiger partial charge is 0.0604 e. The van der Waals surface area contributed by atoms with Gasteiger partial charge in [-0.05, 0) is 28.1 Å². The molecule has 0 aliphatic carbocycles. The van der Waals surface area contributed by atoms with Crippen molar-refractivity contribution in [3.63, 3.8) is 0 Å². The Kier molecular flexibility index (Phi) is 3.68. The Morgan fingerprint density at radius 3 is 2.62 bits per heavy atom. The van der Waals surface area contributed by atoms with E-state index in [9.17, 15) is 0 Å². The fourth-order valence-corrected chi connectivity index (χ4v) is 3.34. The van der Waals surface area contributed by atoms with E-state index < -0.39 is 0 Å². The zero-order valence-corrected chi connectivity index (χ0v) is 15.1. The third-order valence-electron chi connectivity index (χ3n) is 4.39. The van der Waals surface area contributed by atoms with E-state index in [0.29, 0.717) is 0 Å². The van der Waals surface area contributed by atoms with Gasteiger partial charge < -0.3 is 4.40 Å². The molecular formula is C21H13IrN2-. The molecule has 0 fully saturated rings. The summed E-state index contributed by atoms with van der Waals surface area (Å²) in [6.45, 7) is 0. The molecule has 2 aromatic heterocycles. The second-order valence-corrected chi connectivity index (χ2v) is 5.69. The number of hydrogen-bond donors (Lipinski definition) is 0. The van der Waals surface area contributed by atoms with Crippen LogP contribution in [0.4, 0.5) is 0 Å². The fraction of sp³-hybridized carbons (Fsp3) is 0. The van der Waals surface area contributed by atoms with Crippen molar-refractivity contribution in [2.75, 3.05) is 0 Å². The largest absolute Gasteiger partial charge is 0.347 e. The van der Waals surface area contributed by atoms with Crippen molar-refractivity contribution >= 4 is 27.2 Å². The van der Waals surface area contributed by atoms with Gasteiger partial charge in [-0.3, -0.25) is 4.98 Å². The van der Waals surface area contributed by atoms with E-state index in [0.717, 1.165) is 11.0 Å². The van der Waals surface area contributed by atoms with Crippen LogP contribution in [0, 0.1) is 6.07 Å². The van der Waals surface area contributed by atoms with Crippen molar-refractivity contribution in [3.8, 4) is 11.1 Å². The van der Waals surface area contributed by atoms with Gasteiger partial charge >= 0.3 is 0 Å². The molecule has 3 aromatic carbocycles. The zero-order valence-electron chi connectivity index (χ0n) is 12.7. The van der Waals surface area contributed by atoms with Crippen LogP contribution in [0.5, 0.6) is 0 Å². The third kappa shape index (κ3) is 2.17. The van der Waals surface area contributed by atoms with Crippen LogP contribution in [-0.2, 0) is 20.1 Å². The Labute approximate surface area is 153 Å². The van der Waals surface area contributed by atoms with Gasteiger partial charge in [0.05, 0.1) is 5.65 Å². The van der Waals surface area contributed by atoms with Crippen molar-refractivity contribution < 1.29 is 20.1 Å². The number of imidazole rings is 1. The summed E-state index contributed by atoms with van der Waals surface area (Å²) < 4.78 is 2.08. The summed E-state index contributed by atoms with van der Waals surface area (Å²) in [5.41, 5.74) is 3.40. The van der Waals surface area contributed by atoms with E-state index in [1.54, 1.807) is 0 Å². The van der Waals surface area contributed by atoms with Crippen molar-refractivity contribution in [1.82, 2.24) is 9.38 Å². The second kappa shape index (κ2) is 5.86. The van der Waals surface area contributed by atoms with E-state index in [4.69, 9.17) is 0 Å². The average molecular weight is 486 g/mol. The predicted molar refractivity (Wildman–Crippen MR) is 94.5 cm³/mol. The zero-order chi connectivity index (χ0) is 15.2. The van der Waals surface area contributed by atoms with Gasteiger partial charge in [0.15, 0.2) is 0 Å². The normalized spacial score (nSPS) is 11.0. The number of rotatable bonds is 1. The number of nitrogens with zero attached hydrogens (tertiary/aromatic N) is 2. The third-order valence-corrected chi connectivity index (χ3v) is 4.39. The molecule has 1 radical (unpaired) electrons. The van der Waals surface area contributed by atoms with Crippen molar-refractivity contribution in [2.24, 2.45) is 0 Å².